The molecule has 1 saturated heterocycles. The zero-order valence-corrected chi connectivity index (χ0v) is 28.8. The lowest BCUT2D eigenvalue weighted by Gasteiger charge is -2.34. The molecule has 0 radical (unpaired) electrons. The van der Waals surface area contributed by atoms with E-state index in [1.54, 1.807) is 39.5 Å². The van der Waals surface area contributed by atoms with E-state index in [0.717, 1.165) is 31.2 Å². The number of benzene rings is 1. The van der Waals surface area contributed by atoms with Crippen LogP contribution in [0.2, 0.25) is 0 Å². The van der Waals surface area contributed by atoms with Crippen molar-refractivity contribution >= 4 is 23.9 Å². The summed E-state index contributed by atoms with van der Waals surface area (Å²) in [6.07, 6.45) is 6.12. The van der Waals surface area contributed by atoms with Crippen LogP contribution in [0.3, 0.4) is 0 Å². The van der Waals surface area contributed by atoms with Gasteiger partial charge in [-0.1, -0.05) is 62.4 Å². The summed E-state index contributed by atoms with van der Waals surface area (Å²) in [5, 5.41) is 32.5. The van der Waals surface area contributed by atoms with Gasteiger partial charge in [0.25, 0.3) is 0 Å². The number of amides is 5. The molecule has 47 heavy (non-hydrogen) atoms. The number of nitrogens with zero attached hydrogens (tertiary/aromatic N) is 1. The van der Waals surface area contributed by atoms with Crippen molar-refractivity contribution in [1.82, 2.24) is 26.2 Å². The SMILES string of the molecule is CC(C)(O)C[C@H](O)[C@H](CC1CCCCC1)NC(=O)CNC(=O)[C@H](Cc1ccccc1)NC(=O)N1CCC(NC(=O)OC(C)(C)C)CC1. The van der Waals surface area contributed by atoms with Crippen LogP contribution >= 0.6 is 0 Å². The number of carbonyl (C=O) groups excluding carboxylic acids is 4. The molecule has 1 aliphatic heterocycles. The molecule has 6 N–H and O–H groups in total. The van der Waals surface area contributed by atoms with Gasteiger partial charge >= 0.3 is 12.1 Å². The maximum absolute atomic E-state index is 13.4. The molecule has 2 fully saturated rings. The summed E-state index contributed by atoms with van der Waals surface area (Å²) in [4.78, 5) is 53.5. The number of hydrogen-bond acceptors (Lipinski definition) is 7. The quantitative estimate of drug-likeness (QED) is 0.189. The molecular formula is C35H57N5O7. The fraction of sp³-hybridized carbons (Fsp3) is 0.714. The first-order valence-electron chi connectivity index (χ1n) is 17.1. The number of piperidine rings is 1. The molecule has 1 aliphatic carbocycles. The molecule has 1 saturated carbocycles. The van der Waals surface area contributed by atoms with Crippen LogP contribution in [-0.4, -0.2) is 94.1 Å². The normalized spacial score (nSPS) is 18.4. The van der Waals surface area contributed by atoms with Gasteiger partial charge in [0, 0.05) is 32.0 Å². The minimum Gasteiger partial charge on any atom is -0.444 e. The summed E-state index contributed by atoms with van der Waals surface area (Å²) in [6.45, 7) is 9.11. The van der Waals surface area contributed by atoms with Crippen LogP contribution in [0.25, 0.3) is 0 Å². The van der Waals surface area contributed by atoms with Gasteiger partial charge in [-0.2, -0.15) is 0 Å². The zero-order chi connectivity index (χ0) is 34.6. The van der Waals surface area contributed by atoms with Crippen molar-refractivity contribution in [3.8, 4) is 0 Å². The third-order valence-corrected chi connectivity index (χ3v) is 8.65. The minimum absolute atomic E-state index is 0.108. The Hall–Kier alpha value is -3.38. The second-order valence-corrected chi connectivity index (χ2v) is 14.8. The molecule has 1 aromatic rings. The fourth-order valence-electron chi connectivity index (χ4n) is 6.30. The average molecular weight is 660 g/mol. The Kier molecular flexibility index (Phi) is 14.3. The van der Waals surface area contributed by atoms with Crippen LogP contribution in [0.15, 0.2) is 30.3 Å². The maximum atomic E-state index is 13.4. The van der Waals surface area contributed by atoms with E-state index in [2.05, 4.69) is 21.3 Å². The van der Waals surface area contributed by atoms with Crippen LogP contribution < -0.4 is 21.3 Å². The lowest BCUT2D eigenvalue weighted by molar-refractivity contribution is -0.128. The van der Waals surface area contributed by atoms with Crippen molar-refractivity contribution < 1.29 is 34.1 Å². The van der Waals surface area contributed by atoms with Crippen molar-refractivity contribution in [2.45, 2.75) is 134 Å². The number of carbonyl (C=O) groups is 4. The zero-order valence-electron chi connectivity index (χ0n) is 28.8. The molecule has 12 nitrogen and oxygen atoms in total. The average Bonchev–Trinajstić information content (AvgIpc) is 2.98. The fourth-order valence-corrected chi connectivity index (χ4v) is 6.30. The Morgan fingerprint density at radius 1 is 0.936 bits per heavy atom. The van der Waals surface area contributed by atoms with Gasteiger partial charge in [0.1, 0.15) is 11.6 Å². The lowest BCUT2D eigenvalue weighted by Crippen LogP contribution is -2.56. The van der Waals surface area contributed by atoms with Gasteiger partial charge in [-0.25, -0.2) is 9.59 Å². The molecule has 1 heterocycles. The van der Waals surface area contributed by atoms with Crippen molar-refractivity contribution in [3.63, 3.8) is 0 Å². The molecule has 264 valence electrons. The number of aliphatic hydroxyl groups is 2. The number of urea groups is 1. The largest absolute Gasteiger partial charge is 0.444 e. The number of likely N-dealkylation sites (tertiary alicyclic amines) is 1. The lowest BCUT2D eigenvalue weighted by atomic mass is 9.82. The van der Waals surface area contributed by atoms with E-state index in [-0.39, 0.29) is 25.4 Å². The monoisotopic (exact) mass is 659 g/mol. The highest BCUT2D eigenvalue weighted by Gasteiger charge is 2.31. The van der Waals surface area contributed by atoms with E-state index in [4.69, 9.17) is 4.74 Å². The molecule has 2 aliphatic rings. The first-order chi connectivity index (χ1) is 22.1. The molecule has 0 spiro atoms. The Labute approximate surface area is 279 Å². The minimum atomic E-state index is -1.10. The van der Waals surface area contributed by atoms with E-state index in [1.807, 2.05) is 30.3 Å². The summed E-state index contributed by atoms with van der Waals surface area (Å²) >= 11 is 0. The van der Waals surface area contributed by atoms with Crippen molar-refractivity contribution in [2.24, 2.45) is 5.92 Å². The third-order valence-electron chi connectivity index (χ3n) is 8.65. The Morgan fingerprint density at radius 3 is 2.17 bits per heavy atom. The van der Waals surface area contributed by atoms with Crippen LogP contribution in [-0.2, 0) is 20.7 Å². The molecule has 5 amide bonds. The predicted octanol–water partition coefficient (Wildman–Crippen LogP) is 3.39. The van der Waals surface area contributed by atoms with Crippen LogP contribution in [0.1, 0.15) is 98.0 Å². The number of aliphatic hydroxyl groups excluding tert-OH is 1. The molecule has 0 aromatic heterocycles. The number of hydrogen-bond donors (Lipinski definition) is 6. The first kappa shape index (κ1) is 38.1. The topological polar surface area (TPSA) is 169 Å². The number of nitrogens with one attached hydrogen (secondary N) is 4. The van der Waals surface area contributed by atoms with Crippen LogP contribution in [0.5, 0.6) is 0 Å². The number of rotatable bonds is 13. The maximum Gasteiger partial charge on any atom is 0.407 e. The molecule has 0 unspecified atom stereocenters. The molecule has 3 atom stereocenters. The summed E-state index contributed by atoms with van der Waals surface area (Å²) in [5.74, 6) is -0.568. The van der Waals surface area contributed by atoms with E-state index < -0.39 is 53.3 Å². The molecule has 12 heteroatoms. The highest BCUT2D eigenvalue weighted by atomic mass is 16.6. The van der Waals surface area contributed by atoms with Gasteiger partial charge in [-0.15, -0.1) is 0 Å². The van der Waals surface area contributed by atoms with E-state index in [1.165, 1.54) is 6.42 Å². The molecular weight excluding hydrogens is 602 g/mol. The Morgan fingerprint density at radius 2 is 1.57 bits per heavy atom. The highest BCUT2D eigenvalue weighted by molar-refractivity contribution is 5.90. The van der Waals surface area contributed by atoms with Gasteiger partial charge < -0.3 is 41.1 Å². The first-order valence-corrected chi connectivity index (χ1v) is 17.1. The highest BCUT2D eigenvalue weighted by Crippen LogP contribution is 2.29. The molecule has 0 bridgehead atoms. The van der Waals surface area contributed by atoms with Gasteiger partial charge in [0.15, 0.2) is 0 Å². The summed E-state index contributed by atoms with van der Waals surface area (Å²) in [5.41, 5.74) is -0.857. The summed E-state index contributed by atoms with van der Waals surface area (Å²) in [6, 6.07) is 7.30. The van der Waals surface area contributed by atoms with Gasteiger partial charge in [-0.3, -0.25) is 9.59 Å². The second-order valence-electron chi connectivity index (χ2n) is 14.8. The number of alkyl carbamates (subject to hydrolysis) is 1. The third kappa shape index (κ3) is 14.5. The van der Waals surface area contributed by atoms with E-state index in [9.17, 15) is 29.4 Å². The van der Waals surface area contributed by atoms with E-state index in [0.29, 0.717) is 38.3 Å². The van der Waals surface area contributed by atoms with Crippen molar-refractivity contribution in [1.29, 1.82) is 0 Å². The molecule has 3 rings (SSSR count). The second kappa shape index (κ2) is 17.7. The number of ether oxygens (including phenoxy) is 1. The van der Waals surface area contributed by atoms with Crippen molar-refractivity contribution in [2.75, 3.05) is 19.6 Å². The Bertz CT molecular complexity index is 1150. The van der Waals surface area contributed by atoms with E-state index >= 15 is 0 Å². The predicted molar refractivity (Wildman–Crippen MR) is 179 cm³/mol. The smallest absolute Gasteiger partial charge is 0.407 e. The van der Waals surface area contributed by atoms with Crippen LogP contribution in [0, 0.1) is 5.92 Å². The molecule has 1 aromatic carbocycles. The van der Waals surface area contributed by atoms with Gasteiger partial charge in [0.2, 0.25) is 11.8 Å². The standard InChI is InChI=1S/C35H57N5O7/c1-34(2,3)47-33(45)37-26-16-18-40(19-17-26)32(44)39-28(21-25-14-10-7-11-15-25)31(43)36-23-30(42)38-27(29(41)22-35(4,5)46)20-24-12-8-6-9-13-24/h7,10-11,14-15,24,26-29,41,46H,6,8-9,12-13,16-23H2,1-5H3,(H,36,43)(H,37,45)(H,38,42)(H,39,44)/t27-,28-,29-/m0/s1. The summed E-state index contributed by atoms with van der Waals surface area (Å²) < 4.78 is 5.34. The van der Waals surface area contributed by atoms with Gasteiger partial charge in [0.05, 0.1) is 24.3 Å². The Balaban J connectivity index is 1.58. The van der Waals surface area contributed by atoms with Gasteiger partial charge in [-0.05, 0) is 65.4 Å². The van der Waals surface area contributed by atoms with Crippen LogP contribution in [0.4, 0.5) is 9.59 Å². The van der Waals surface area contributed by atoms with Crippen molar-refractivity contribution in [3.05, 3.63) is 35.9 Å². The summed E-state index contributed by atoms with van der Waals surface area (Å²) in [7, 11) is 0.